The van der Waals surface area contributed by atoms with Gasteiger partial charge in [-0.25, -0.2) is 0 Å². The number of rotatable bonds is 3. The average molecular weight is 310 g/mol. The van der Waals surface area contributed by atoms with Crippen molar-refractivity contribution >= 4 is 27.5 Å². The van der Waals surface area contributed by atoms with Gasteiger partial charge in [-0.15, -0.1) is 0 Å². The molecule has 2 rings (SSSR count). The Labute approximate surface area is 117 Å². The molecule has 3 N–H and O–H groups in total. The molecule has 1 unspecified atom stereocenters. The van der Waals surface area contributed by atoms with E-state index >= 15 is 0 Å². The molecule has 1 saturated heterocycles. The van der Waals surface area contributed by atoms with E-state index in [0.717, 1.165) is 28.7 Å². The smallest absolute Gasteiger partial charge is 0.124 e. The van der Waals surface area contributed by atoms with Crippen LogP contribution in [0.4, 0.5) is 5.69 Å². The van der Waals surface area contributed by atoms with Gasteiger partial charge in [-0.1, -0.05) is 22.9 Å². The van der Waals surface area contributed by atoms with E-state index in [1.807, 2.05) is 12.1 Å². The van der Waals surface area contributed by atoms with Gasteiger partial charge >= 0.3 is 0 Å². The summed E-state index contributed by atoms with van der Waals surface area (Å²) in [6, 6.07) is 6.63. The molecule has 1 heterocycles. The maximum Gasteiger partial charge on any atom is 0.124 e. The van der Waals surface area contributed by atoms with Crippen LogP contribution in [-0.2, 0) is 0 Å². The van der Waals surface area contributed by atoms with Crippen LogP contribution in [0.15, 0.2) is 22.7 Å². The zero-order chi connectivity index (χ0) is 13.1. The Kier molecular flexibility index (Phi) is 4.27. The molecular weight excluding hydrogens is 290 g/mol. The van der Waals surface area contributed by atoms with Gasteiger partial charge in [0.2, 0.25) is 0 Å². The Morgan fingerprint density at radius 3 is 2.94 bits per heavy atom. The van der Waals surface area contributed by atoms with Crippen molar-refractivity contribution in [2.75, 3.05) is 11.4 Å². The second-order valence-electron chi connectivity index (χ2n) is 4.83. The fraction of sp³-hybridized carbons (Fsp3) is 0.500. The van der Waals surface area contributed by atoms with Crippen molar-refractivity contribution in [2.45, 2.75) is 38.6 Å². The van der Waals surface area contributed by atoms with E-state index in [4.69, 9.17) is 11.1 Å². The highest BCUT2D eigenvalue weighted by atomic mass is 79.9. The number of amidine groups is 1. The van der Waals surface area contributed by atoms with E-state index in [2.05, 4.69) is 33.8 Å². The second kappa shape index (κ2) is 5.74. The highest BCUT2D eigenvalue weighted by molar-refractivity contribution is 9.10. The summed E-state index contributed by atoms with van der Waals surface area (Å²) < 4.78 is 0.974. The van der Waals surface area contributed by atoms with E-state index in [-0.39, 0.29) is 5.84 Å². The van der Waals surface area contributed by atoms with Crippen LogP contribution in [0.25, 0.3) is 0 Å². The fourth-order valence-corrected chi connectivity index (χ4v) is 3.08. The number of benzene rings is 1. The van der Waals surface area contributed by atoms with E-state index in [0.29, 0.717) is 6.04 Å². The molecule has 3 nitrogen and oxygen atoms in total. The molecule has 0 bridgehead atoms. The first-order chi connectivity index (χ1) is 8.63. The van der Waals surface area contributed by atoms with Gasteiger partial charge in [0.1, 0.15) is 5.84 Å². The molecule has 1 aromatic carbocycles. The van der Waals surface area contributed by atoms with Crippen molar-refractivity contribution in [2.24, 2.45) is 5.73 Å². The van der Waals surface area contributed by atoms with Gasteiger partial charge in [-0.05, 0) is 43.9 Å². The molecule has 18 heavy (non-hydrogen) atoms. The first kappa shape index (κ1) is 13.4. The number of halogens is 1. The van der Waals surface area contributed by atoms with Crippen molar-refractivity contribution in [1.29, 1.82) is 5.41 Å². The molecule has 0 spiro atoms. The lowest BCUT2D eigenvalue weighted by Gasteiger charge is -2.38. The summed E-state index contributed by atoms with van der Waals surface area (Å²) in [5.74, 6) is 0.145. The average Bonchev–Trinajstić information content (AvgIpc) is 2.38. The van der Waals surface area contributed by atoms with Gasteiger partial charge in [0.25, 0.3) is 0 Å². The van der Waals surface area contributed by atoms with Crippen LogP contribution in [0.2, 0.25) is 0 Å². The number of piperidine rings is 1. The maximum atomic E-state index is 7.74. The van der Waals surface area contributed by atoms with Crippen LogP contribution in [0.5, 0.6) is 0 Å². The number of anilines is 1. The van der Waals surface area contributed by atoms with E-state index in [9.17, 15) is 0 Å². The van der Waals surface area contributed by atoms with E-state index in [1.54, 1.807) is 0 Å². The van der Waals surface area contributed by atoms with Crippen LogP contribution in [0.3, 0.4) is 0 Å². The molecule has 0 aliphatic carbocycles. The topological polar surface area (TPSA) is 53.1 Å². The van der Waals surface area contributed by atoms with Crippen molar-refractivity contribution in [3.63, 3.8) is 0 Å². The number of nitrogen functional groups attached to an aromatic ring is 1. The Morgan fingerprint density at radius 1 is 1.50 bits per heavy atom. The molecule has 0 saturated carbocycles. The van der Waals surface area contributed by atoms with Crippen molar-refractivity contribution in [3.05, 3.63) is 28.2 Å². The van der Waals surface area contributed by atoms with Crippen LogP contribution in [0.1, 0.15) is 38.2 Å². The number of nitrogens with zero attached hydrogens (tertiary/aromatic N) is 1. The number of hydrogen-bond acceptors (Lipinski definition) is 2. The lowest BCUT2D eigenvalue weighted by molar-refractivity contribution is 0.450. The summed E-state index contributed by atoms with van der Waals surface area (Å²) in [6.45, 7) is 3.30. The van der Waals surface area contributed by atoms with Gasteiger partial charge in [0, 0.05) is 28.3 Å². The van der Waals surface area contributed by atoms with Crippen molar-refractivity contribution in [3.8, 4) is 0 Å². The Hall–Kier alpha value is -1.03. The largest absolute Gasteiger partial charge is 0.384 e. The molecule has 0 aromatic heterocycles. The zero-order valence-electron chi connectivity index (χ0n) is 10.7. The predicted octanol–water partition coefficient (Wildman–Crippen LogP) is 3.50. The standard InChI is InChI=1S/C14H20BrN3/c1-2-11-5-3-4-8-18(11)13-7-6-10(15)9-12(13)14(16)17/h6-7,9,11H,2-5,8H2,1H3,(H3,16,17). The lowest BCUT2D eigenvalue weighted by Crippen LogP contribution is -2.40. The van der Waals surface area contributed by atoms with Crippen LogP contribution in [0, 0.1) is 5.41 Å². The predicted molar refractivity (Wildman–Crippen MR) is 80.4 cm³/mol. The molecule has 1 aliphatic heterocycles. The molecular formula is C14H20BrN3. The van der Waals surface area contributed by atoms with Crippen molar-refractivity contribution in [1.82, 2.24) is 0 Å². The molecule has 1 fully saturated rings. The fourth-order valence-electron chi connectivity index (χ4n) is 2.72. The summed E-state index contributed by atoms with van der Waals surface area (Å²) in [4.78, 5) is 2.42. The molecule has 0 amide bonds. The first-order valence-electron chi connectivity index (χ1n) is 6.54. The third-order valence-electron chi connectivity index (χ3n) is 3.66. The third kappa shape index (κ3) is 2.69. The summed E-state index contributed by atoms with van der Waals surface area (Å²) in [5.41, 5.74) is 7.66. The Morgan fingerprint density at radius 2 is 2.28 bits per heavy atom. The van der Waals surface area contributed by atoms with E-state index in [1.165, 1.54) is 19.3 Å². The quantitative estimate of drug-likeness (QED) is 0.663. The van der Waals surface area contributed by atoms with E-state index < -0.39 is 0 Å². The molecule has 1 aromatic rings. The first-order valence-corrected chi connectivity index (χ1v) is 7.33. The van der Waals surface area contributed by atoms with Gasteiger partial charge in [-0.3, -0.25) is 5.41 Å². The van der Waals surface area contributed by atoms with Crippen molar-refractivity contribution < 1.29 is 0 Å². The molecule has 98 valence electrons. The summed E-state index contributed by atoms with van der Waals surface area (Å²) in [7, 11) is 0. The minimum absolute atomic E-state index is 0.145. The summed E-state index contributed by atoms with van der Waals surface area (Å²) in [6.07, 6.45) is 4.92. The van der Waals surface area contributed by atoms with Gasteiger partial charge < -0.3 is 10.6 Å². The minimum atomic E-state index is 0.145. The molecule has 0 radical (unpaired) electrons. The van der Waals surface area contributed by atoms with Gasteiger partial charge in [-0.2, -0.15) is 0 Å². The minimum Gasteiger partial charge on any atom is -0.384 e. The third-order valence-corrected chi connectivity index (χ3v) is 4.15. The SMILES string of the molecule is CCC1CCCCN1c1ccc(Br)cc1C(=N)N. The Bertz CT molecular complexity index is 445. The van der Waals surface area contributed by atoms with Crippen LogP contribution >= 0.6 is 15.9 Å². The highest BCUT2D eigenvalue weighted by Crippen LogP contribution is 2.30. The highest BCUT2D eigenvalue weighted by Gasteiger charge is 2.23. The number of hydrogen-bond donors (Lipinski definition) is 2. The maximum absolute atomic E-state index is 7.74. The van der Waals surface area contributed by atoms with Crippen LogP contribution in [-0.4, -0.2) is 18.4 Å². The van der Waals surface area contributed by atoms with Gasteiger partial charge in [0.05, 0.1) is 0 Å². The molecule has 1 aliphatic rings. The number of nitrogens with one attached hydrogen (secondary N) is 1. The monoisotopic (exact) mass is 309 g/mol. The second-order valence-corrected chi connectivity index (χ2v) is 5.74. The number of nitrogens with two attached hydrogens (primary N) is 1. The zero-order valence-corrected chi connectivity index (χ0v) is 12.3. The van der Waals surface area contributed by atoms with Crippen LogP contribution < -0.4 is 10.6 Å². The Balaban J connectivity index is 2.39. The summed E-state index contributed by atoms with van der Waals surface area (Å²) in [5, 5.41) is 7.74. The lowest BCUT2D eigenvalue weighted by atomic mass is 9.98. The molecule has 4 heteroatoms. The normalized spacial score (nSPS) is 19.9. The summed E-state index contributed by atoms with van der Waals surface area (Å²) >= 11 is 3.45. The molecule has 1 atom stereocenters. The van der Waals surface area contributed by atoms with Gasteiger partial charge in [0.15, 0.2) is 0 Å².